The van der Waals surface area contributed by atoms with Crippen LogP contribution in [0.1, 0.15) is 23.9 Å². The minimum Gasteiger partial charge on any atom is -0.377 e. The van der Waals surface area contributed by atoms with Crippen molar-refractivity contribution in [1.82, 2.24) is 19.9 Å². The summed E-state index contributed by atoms with van der Waals surface area (Å²) in [6.45, 7) is 7.88. The number of fused-ring (bicyclic) bond motifs is 1. The number of morpholine rings is 1. The third-order valence-corrected chi connectivity index (χ3v) is 6.07. The summed E-state index contributed by atoms with van der Waals surface area (Å²) >= 11 is 0. The Hall–Kier alpha value is -3.30. The Morgan fingerprint density at radius 3 is 2.72 bits per heavy atom. The molecule has 4 heterocycles. The van der Waals surface area contributed by atoms with E-state index in [1.54, 1.807) is 6.33 Å². The molecule has 2 aliphatic heterocycles. The number of hydrogen-bond donors (Lipinski definition) is 2. The first kappa shape index (κ1) is 20.6. The second-order valence-electron chi connectivity index (χ2n) is 8.29. The van der Waals surface area contributed by atoms with Gasteiger partial charge in [0.05, 0.1) is 37.2 Å². The zero-order valence-electron chi connectivity index (χ0n) is 18.3. The van der Waals surface area contributed by atoms with Gasteiger partial charge in [0, 0.05) is 36.0 Å². The van der Waals surface area contributed by atoms with Crippen LogP contribution in [0.2, 0.25) is 0 Å². The standard InChI is InChI=1S/C23H27N7O2/c1-15-11-21(25-14-24-15)29-8-7-19-20(12-29)26-22(17-3-5-18(28-31)6-4-17)27-23(19)30-9-10-32-13-16(30)2/h3-6,11,14,16,28,31H,7-10,12-13H2,1-2H3/t16-/m0/s1. The molecule has 9 nitrogen and oxygen atoms in total. The zero-order valence-corrected chi connectivity index (χ0v) is 18.3. The lowest BCUT2D eigenvalue weighted by Crippen LogP contribution is -2.45. The predicted octanol–water partition coefficient (Wildman–Crippen LogP) is 2.83. The Kier molecular flexibility index (Phi) is 5.59. The van der Waals surface area contributed by atoms with Gasteiger partial charge in [-0.1, -0.05) is 0 Å². The van der Waals surface area contributed by atoms with Crippen molar-refractivity contribution in [3.05, 3.63) is 53.6 Å². The quantitative estimate of drug-likeness (QED) is 0.602. The van der Waals surface area contributed by atoms with Crippen LogP contribution in [0.3, 0.4) is 0 Å². The summed E-state index contributed by atoms with van der Waals surface area (Å²) in [4.78, 5) is 23.3. The average molecular weight is 434 g/mol. The van der Waals surface area contributed by atoms with Gasteiger partial charge in [0.25, 0.3) is 0 Å². The summed E-state index contributed by atoms with van der Waals surface area (Å²) in [6.07, 6.45) is 2.47. The van der Waals surface area contributed by atoms with Crippen molar-refractivity contribution in [3.8, 4) is 11.4 Å². The maximum absolute atomic E-state index is 9.14. The number of nitrogens with zero attached hydrogens (tertiary/aromatic N) is 6. The number of aryl methyl sites for hydroxylation is 1. The number of aromatic nitrogens is 4. The number of rotatable bonds is 4. The van der Waals surface area contributed by atoms with E-state index in [0.717, 1.165) is 48.1 Å². The molecule has 0 aliphatic carbocycles. The molecule has 0 saturated carbocycles. The van der Waals surface area contributed by atoms with Crippen molar-refractivity contribution in [3.63, 3.8) is 0 Å². The van der Waals surface area contributed by atoms with Crippen molar-refractivity contribution in [2.75, 3.05) is 41.6 Å². The lowest BCUT2D eigenvalue weighted by atomic mass is 10.0. The highest BCUT2D eigenvalue weighted by molar-refractivity contribution is 5.64. The molecule has 1 aromatic carbocycles. The maximum Gasteiger partial charge on any atom is 0.161 e. The van der Waals surface area contributed by atoms with Gasteiger partial charge in [0.15, 0.2) is 5.82 Å². The number of ether oxygens (including phenoxy) is 1. The van der Waals surface area contributed by atoms with Gasteiger partial charge in [-0.05, 0) is 44.5 Å². The molecule has 166 valence electrons. The van der Waals surface area contributed by atoms with Crippen LogP contribution in [0.15, 0.2) is 36.7 Å². The van der Waals surface area contributed by atoms with Gasteiger partial charge in [-0.3, -0.25) is 10.7 Å². The molecular formula is C23H27N7O2. The largest absolute Gasteiger partial charge is 0.377 e. The molecular weight excluding hydrogens is 406 g/mol. The topological polar surface area (TPSA) is 99.5 Å². The summed E-state index contributed by atoms with van der Waals surface area (Å²) in [5.41, 5.74) is 6.88. The van der Waals surface area contributed by atoms with E-state index in [0.29, 0.717) is 31.3 Å². The van der Waals surface area contributed by atoms with Crippen molar-refractivity contribution >= 4 is 17.3 Å². The van der Waals surface area contributed by atoms with Crippen molar-refractivity contribution in [1.29, 1.82) is 0 Å². The van der Waals surface area contributed by atoms with E-state index in [2.05, 4.69) is 32.2 Å². The van der Waals surface area contributed by atoms with Crippen LogP contribution in [0.25, 0.3) is 11.4 Å². The van der Waals surface area contributed by atoms with Crippen molar-refractivity contribution in [2.24, 2.45) is 0 Å². The molecule has 1 saturated heterocycles. The Labute approximate surface area is 187 Å². The van der Waals surface area contributed by atoms with Crippen LogP contribution < -0.4 is 15.3 Å². The number of hydrogen-bond acceptors (Lipinski definition) is 9. The molecule has 2 aromatic heterocycles. The van der Waals surface area contributed by atoms with E-state index >= 15 is 0 Å². The number of benzene rings is 1. The lowest BCUT2D eigenvalue weighted by molar-refractivity contribution is 0.0984. The van der Waals surface area contributed by atoms with Gasteiger partial charge in [-0.2, -0.15) is 0 Å². The summed E-state index contributed by atoms with van der Waals surface area (Å²) < 4.78 is 5.67. The van der Waals surface area contributed by atoms with Gasteiger partial charge in [-0.25, -0.2) is 19.9 Å². The summed E-state index contributed by atoms with van der Waals surface area (Å²) in [5, 5.41) is 9.14. The summed E-state index contributed by atoms with van der Waals surface area (Å²) in [6, 6.07) is 9.72. The Morgan fingerprint density at radius 2 is 1.97 bits per heavy atom. The van der Waals surface area contributed by atoms with Crippen LogP contribution in [0, 0.1) is 6.92 Å². The molecule has 0 bridgehead atoms. The third-order valence-electron chi connectivity index (χ3n) is 6.07. The SMILES string of the molecule is Cc1cc(N2CCc3c(nc(-c4ccc(NO)cc4)nc3N3CCOC[C@@H]3C)C2)ncn1. The molecule has 2 N–H and O–H groups in total. The molecule has 9 heteroatoms. The number of nitrogens with one attached hydrogen (secondary N) is 1. The Bertz CT molecular complexity index is 1110. The molecule has 0 amide bonds. The van der Waals surface area contributed by atoms with Crippen LogP contribution >= 0.6 is 0 Å². The van der Waals surface area contributed by atoms with Gasteiger partial charge >= 0.3 is 0 Å². The smallest absolute Gasteiger partial charge is 0.161 e. The lowest BCUT2D eigenvalue weighted by Gasteiger charge is -2.38. The zero-order chi connectivity index (χ0) is 22.1. The normalized spacial score (nSPS) is 18.4. The molecule has 1 atom stereocenters. The van der Waals surface area contributed by atoms with E-state index in [1.165, 1.54) is 5.56 Å². The molecule has 5 rings (SSSR count). The van der Waals surface area contributed by atoms with Crippen LogP contribution in [0.4, 0.5) is 17.3 Å². The fourth-order valence-electron chi connectivity index (χ4n) is 4.32. The van der Waals surface area contributed by atoms with E-state index in [1.807, 2.05) is 37.3 Å². The second kappa shape index (κ2) is 8.68. The van der Waals surface area contributed by atoms with E-state index < -0.39 is 0 Å². The first-order valence-electron chi connectivity index (χ1n) is 10.9. The fraction of sp³-hybridized carbons (Fsp3) is 0.391. The molecule has 2 aliphatic rings. The first-order valence-corrected chi connectivity index (χ1v) is 10.9. The van der Waals surface area contributed by atoms with E-state index in [4.69, 9.17) is 19.9 Å². The summed E-state index contributed by atoms with van der Waals surface area (Å²) in [7, 11) is 0. The third kappa shape index (κ3) is 3.96. The predicted molar refractivity (Wildman–Crippen MR) is 122 cm³/mol. The van der Waals surface area contributed by atoms with Crippen molar-refractivity contribution < 1.29 is 9.94 Å². The molecule has 0 unspecified atom stereocenters. The highest BCUT2D eigenvalue weighted by Gasteiger charge is 2.29. The van der Waals surface area contributed by atoms with Gasteiger partial charge in [0.1, 0.15) is 18.0 Å². The van der Waals surface area contributed by atoms with Crippen LogP contribution in [-0.2, 0) is 17.7 Å². The van der Waals surface area contributed by atoms with Gasteiger partial charge in [-0.15, -0.1) is 0 Å². The first-order chi connectivity index (χ1) is 15.6. The van der Waals surface area contributed by atoms with Crippen LogP contribution in [-0.4, -0.2) is 57.5 Å². The summed E-state index contributed by atoms with van der Waals surface area (Å²) in [5.74, 6) is 2.61. The molecule has 1 fully saturated rings. The second-order valence-corrected chi connectivity index (χ2v) is 8.29. The highest BCUT2D eigenvalue weighted by atomic mass is 16.5. The average Bonchev–Trinajstić information content (AvgIpc) is 2.83. The molecule has 0 radical (unpaired) electrons. The monoisotopic (exact) mass is 433 g/mol. The highest BCUT2D eigenvalue weighted by Crippen LogP contribution is 2.32. The Balaban J connectivity index is 1.57. The molecule has 0 spiro atoms. The molecule has 3 aromatic rings. The fourth-order valence-corrected chi connectivity index (χ4v) is 4.32. The van der Waals surface area contributed by atoms with Gasteiger partial charge < -0.3 is 14.5 Å². The van der Waals surface area contributed by atoms with Crippen molar-refractivity contribution in [2.45, 2.75) is 32.9 Å². The minimum absolute atomic E-state index is 0.249. The van der Waals surface area contributed by atoms with E-state index in [9.17, 15) is 0 Å². The molecule has 32 heavy (non-hydrogen) atoms. The van der Waals surface area contributed by atoms with Crippen LogP contribution in [0.5, 0.6) is 0 Å². The minimum atomic E-state index is 0.249. The number of anilines is 3. The maximum atomic E-state index is 9.14. The Morgan fingerprint density at radius 1 is 1.12 bits per heavy atom. The van der Waals surface area contributed by atoms with Gasteiger partial charge in [0.2, 0.25) is 0 Å². The van der Waals surface area contributed by atoms with E-state index in [-0.39, 0.29) is 6.04 Å².